The van der Waals surface area contributed by atoms with E-state index in [0.29, 0.717) is 18.8 Å². The molecule has 0 radical (unpaired) electrons. The summed E-state index contributed by atoms with van der Waals surface area (Å²) in [4.78, 5) is 16.7. The number of nitrogens with zero attached hydrogens (tertiary/aromatic N) is 5. The molecule has 0 spiro atoms. The number of aromatic nitrogens is 4. The zero-order valence-electron chi connectivity index (χ0n) is 10.3. The molecule has 3 heterocycles. The third kappa shape index (κ3) is 1.96. The van der Waals surface area contributed by atoms with E-state index in [1.165, 1.54) is 23.0 Å². The molecule has 0 aliphatic carbocycles. The standard InChI is InChI=1S/C12H12FN5O/c1-8-4-11-10(6-17(8)7-19)15-16-18(11)12-5-9(13)2-3-14-12/h2-3,5,7-8H,4,6H2,1H3. The fraction of sp³-hybridized carbons (Fsp3) is 0.333. The molecule has 1 amide bonds. The second-order valence-corrected chi connectivity index (χ2v) is 4.56. The molecule has 1 atom stereocenters. The van der Waals surface area contributed by atoms with Crippen LogP contribution in [0.4, 0.5) is 4.39 Å². The van der Waals surface area contributed by atoms with Crippen molar-refractivity contribution in [3.8, 4) is 5.82 Å². The van der Waals surface area contributed by atoms with Gasteiger partial charge in [-0.15, -0.1) is 5.10 Å². The molecule has 0 saturated carbocycles. The fourth-order valence-electron chi connectivity index (χ4n) is 2.22. The maximum Gasteiger partial charge on any atom is 0.210 e. The minimum atomic E-state index is -0.368. The first-order valence-electron chi connectivity index (χ1n) is 5.95. The minimum Gasteiger partial charge on any atom is -0.336 e. The van der Waals surface area contributed by atoms with Crippen LogP contribution in [0, 0.1) is 5.82 Å². The van der Waals surface area contributed by atoms with E-state index >= 15 is 0 Å². The Bertz CT molecular complexity index is 626. The number of hydrogen-bond donors (Lipinski definition) is 0. The zero-order valence-corrected chi connectivity index (χ0v) is 10.3. The van der Waals surface area contributed by atoms with Crippen molar-refractivity contribution in [2.75, 3.05) is 0 Å². The monoisotopic (exact) mass is 261 g/mol. The molecular weight excluding hydrogens is 249 g/mol. The Hall–Kier alpha value is -2.31. The van der Waals surface area contributed by atoms with Gasteiger partial charge < -0.3 is 4.90 Å². The lowest BCUT2D eigenvalue weighted by Crippen LogP contribution is -2.37. The smallest absolute Gasteiger partial charge is 0.210 e. The van der Waals surface area contributed by atoms with Gasteiger partial charge in [-0.3, -0.25) is 4.79 Å². The summed E-state index contributed by atoms with van der Waals surface area (Å²) in [5.41, 5.74) is 1.61. The lowest BCUT2D eigenvalue weighted by atomic mass is 10.0. The number of carbonyl (C=O) groups excluding carboxylic acids is 1. The van der Waals surface area contributed by atoms with E-state index in [9.17, 15) is 9.18 Å². The maximum atomic E-state index is 13.2. The van der Waals surface area contributed by atoms with Crippen LogP contribution in [-0.2, 0) is 17.8 Å². The normalized spacial score (nSPS) is 18.2. The molecule has 0 saturated heterocycles. The Labute approximate surface area is 108 Å². The molecule has 0 fully saturated rings. The molecule has 0 N–H and O–H groups in total. The van der Waals surface area contributed by atoms with Gasteiger partial charge >= 0.3 is 0 Å². The molecule has 0 aromatic carbocycles. The van der Waals surface area contributed by atoms with Crippen LogP contribution in [0.25, 0.3) is 5.82 Å². The number of rotatable bonds is 2. The Morgan fingerprint density at radius 2 is 2.37 bits per heavy atom. The second kappa shape index (κ2) is 4.42. The number of halogens is 1. The fourth-order valence-corrected chi connectivity index (χ4v) is 2.22. The van der Waals surface area contributed by atoms with Crippen LogP contribution < -0.4 is 0 Å². The Morgan fingerprint density at radius 1 is 1.53 bits per heavy atom. The molecule has 1 aliphatic rings. The van der Waals surface area contributed by atoms with E-state index in [1.54, 1.807) is 4.90 Å². The largest absolute Gasteiger partial charge is 0.336 e. The first-order valence-corrected chi connectivity index (χ1v) is 5.95. The van der Waals surface area contributed by atoms with Crippen molar-refractivity contribution in [1.82, 2.24) is 24.9 Å². The Kier molecular flexibility index (Phi) is 2.73. The van der Waals surface area contributed by atoms with Crippen LogP contribution in [0.15, 0.2) is 18.3 Å². The van der Waals surface area contributed by atoms with Gasteiger partial charge in [-0.1, -0.05) is 5.21 Å². The van der Waals surface area contributed by atoms with Crippen molar-refractivity contribution in [2.45, 2.75) is 25.9 Å². The van der Waals surface area contributed by atoms with Crippen molar-refractivity contribution in [1.29, 1.82) is 0 Å². The molecule has 7 heteroatoms. The highest BCUT2D eigenvalue weighted by Crippen LogP contribution is 2.22. The summed E-state index contributed by atoms with van der Waals surface area (Å²) in [5.74, 6) is 0.0353. The second-order valence-electron chi connectivity index (χ2n) is 4.56. The predicted molar refractivity (Wildman–Crippen MR) is 63.9 cm³/mol. The summed E-state index contributed by atoms with van der Waals surface area (Å²) in [6, 6.07) is 2.66. The predicted octanol–water partition coefficient (Wildman–Crippen LogP) is 0.704. The van der Waals surface area contributed by atoms with Crippen LogP contribution in [0.2, 0.25) is 0 Å². The summed E-state index contributed by atoms with van der Waals surface area (Å²) in [6.45, 7) is 2.38. The van der Waals surface area contributed by atoms with Crippen LogP contribution in [-0.4, -0.2) is 37.3 Å². The highest BCUT2D eigenvalue weighted by molar-refractivity contribution is 5.49. The van der Waals surface area contributed by atoms with E-state index in [1.807, 2.05) is 6.92 Å². The van der Waals surface area contributed by atoms with Gasteiger partial charge in [-0.25, -0.2) is 9.37 Å². The van der Waals surface area contributed by atoms with Gasteiger partial charge in [0, 0.05) is 24.7 Å². The maximum absolute atomic E-state index is 13.2. The molecule has 1 unspecified atom stereocenters. The third-order valence-corrected chi connectivity index (χ3v) is 3.29. The van der Waals surface area contributed by atoms with Gasteiger partial charge in [0.05, 0.1) is 12.2 Å². The zero-order chi connectivity index (χ0) is 13.4. The number of carbonyl (C=O) groups is 1. The van der Waals surface area contributed by atoms with Crippen LogP contribution in [0.5, 0.6) is 0 Å². The molecule has 98 valence electrons. The average molecular weight is 261 g/mol. The molecule has 0 bridgehead atoms. The topological polar surface area (TPSA) is 63.9 Å². The minimum absolute atomic E-state index is 0.0656. The average Bonchev–Trinajstić information content (AvgIpc) is 2.80. The van der Waals surface area contributed by atoms with Gasteiger partial charge in [0.15, 0.2) is 5.82 Å². The highest BCUT2D eigenvalue weighted by Gasteiger charge is 2.27. The van der Waals surface area contributed by atoms with Crippen LogP contribution >= 0.6 is 0 Å². The van der Waals surface area contributed by atoms with Crippen LogP contribution in [0.1, 0.15) is 18.3 Å². The number of hydrogen-bond acceptors (Lipinski definition) is 4. The summed E-state index contributed by atoms with van der Waals surface area (Å²) >= 11 is 0. The van der Waals surface area contributed by atoms with Gasteiger partial charge in [0.25, 0.3) is 0 Å². The lowest BCUT2D eigenvalue weighted by Gasteiger charge is -2.29. The summed E-state index contributed by atoms with van der Waals surface area (Å²) in [7, 11) is 0. The van der Waals surface area contributed by atoms with Crippen molar-refractivity contribution in [2.24, 2.45) is 0 Å². The van der Waals surface area contributed by atoms with Gasteiger partial charge in [0.2, 0.25) is 6.41 Å². The third-order valence-electron chi connectivity index (χ3n) is 3.29. The molecule has 19 heavy (non-hydrogen) atoms. The molecule has 2 aromatic rings. The molecule has 1 aliphatic heterocycles. The Balaban J connectivity index is 2.03. The molecule has 6 nitrogen and oxygen atoms in total. The van der Waals surface area contributed by atoms with Gasteiger partial charge in [-0.05, 0) is 13.0 Å². The lowest BCUT2D eigenvalue weighted by molar-refractivity contribution is -0.120. The van der Waals surface area contributed by atoms with Crippen molar-refractivity contribution < 1.29 is 9.18 Å². The van der Waals surface area contributed by atoms with Crippen molar-refractivity contribution in [3.05, 3.63) is 35.5 Å². The first-order chi connectivity index (χ1) is 9.19. The number of fused-ring (bicyclic) bond motifs is 1. The number of pyridine rings is 1. The van der Waals surface area contributed by atoms with E-state index in [0.717, 1.165) is 17.8 Å². The summed E-state index contributed by atoms with van der Waals surface area (Å²) < 4.78 is 14.8. The van der Waals surface area contributed by atoms with Gasteiger partial charge in [0.1, 0.15) is 11.5 Å². The highest BCUT2D eigenvalue weighted by atomic mass is 19.1. The van der Waals surface area contributed by atoms with Crippen molar-refractivity contribution in [3.63, 3.8) is 0 Å². The summed E-state index contributed by atoms with van der Waals surface area (Å²) in [6.07, 6.45) is 2.83. The van der Waals surface area contributed by atoms with Crippen LogP contribution in [0.3, 0.4) is 0 Å². The van der Waals surface area contributed by atoms with Gasteiger partial charge in [-0.2, -0.15) is 4.68 Å². The quantitative estimate of drug-likeness (QED) is 0.747. The van der Waals surface area contributed by atoms with Crippen molar-refractivity contribution >= 4 is 6.41 Å². The summed E-state index contributed by atoms with van der Waals surface area (Å²) in [5, 5.41) is 8.05. The SMILES string of the molecule is CC1Cc2c(nnn2-c2cc(F)ccn2)CN1C=O. The molecule has 3 rings (SSSR count). The molecule has 2 aromatic heterocycles. The Morgan fingerprint density at radius 3 is 3.11 bits per heavy atom. The van der Waals surface area contributed by atoms with E-state index in [-0.39, 0.29) is 11.9 Å². The first kappa shape index (κ1) is 11.8. The number of amides is 1. The van der Waals surface area contributed by atoms with E-state index in [2.05, 4.69) is 15.3 Å². The van der Waals surface area contributed by atoms with E-state index < -0.39 is 0 Å². The molecular formula is C12H12FN5O. The van der Waals surface area contributed by atoms with E-state index in [4.69, 9.17) is 0 Å².